The van der Waals surface area contributed by atoms with Gasteiger partial charge in [0.15, 0.2) is 11.4 Å². The molecule has 17 heavy (non-hydrogen) atoms. The molecule has 0 aliphatic carbocycles. The first-order valence-electron chi connectivity index (χ1n) is 5.08. The van der Waals surface area contributed by atoms with E-state index in [1.807, 2.05) is 20.8 Å². The maximum Gasteiger partial charge on any atom is 0.172 e. The van der Waals surface area contributed by atoms with Crippen LogP contribution in [0.25, 0.3) is 11.2 Å². The molecule has 2 rings (SSSR count). The van der Waals surface area contributed by atoms with E-state index in [4.69, 9.17) is 0 Å². The smallest absolute Gasteiger partial charge is 0.172 e. The van der Waals surface area contributed by atoms with E-state index in [2.05, 4.69) is 38.7 Å². The van der Waals surface area contributed by atoms with Gasteiger partial charge in [-0.15, -0.1) is 0 Å². The number of rotatable bonds is 1. The molecule has 0 radical (unpaired) electrons. The number of hydrogen-bond donors (Lipinski definition) is 1. The quantitative estimate of drug-likeness (QED) is 0.650. The van der Waals surface area contributed by atoms with Gasteiger partial charge in [0, 0.05) is 11.6 Å². The fourth-order valence-corrected chi connectivity index (χ4v) is 2.07. The standard InChI is InChI=1S/C11H12BrN3OS/c1-11(2,3)9(16)6-5-15(17)10-8(6)14-7(12)4-13-10/h4-5,17H,1-3H3. The van der Waals surface area contributed by atoms with Crippen molar-refractivity contribution in [3.05, 3.63) is 22.6 Å². The second-order valence-corrected chi connectivity index (χ2v) is 6.07. The Kier molecular flexibility index (Phi) is 3.03. The molecule has 0 saturated carbocycles. The molecule has 0 bridgehead atoms. The van der Waals surface area contributed by atoms with Crippen LogP contribution in [0.4, 0.5) is 0 Å². The van der Waals surface area contributed by atoms with Gasteiger partial charge in [0.1, 0.15) is 10.1 Å². The summed E-state index contributed by atoms with van der Waals surface area (Å²) in [6, 6.07) is 0. The molecule has 0 fully saturated rings. The van der Waals surface area contributed by atoms with Crippen LogP contribution in [-0.4, -0.2) is 19.7 Å². The van der Waals surface area contributed by atoms with Gasteiger partial charge in [-0.1, -0.05) is 33.6 Å². The van der Waals surface area contributed by atoms with Gasteiger partial charge in [0.2, 0.25) is 0 Å². The lowest BCUT2D eigenvalue weighted by Gasteiger charge is -2.15. The predicted octanol–water partition coefficient (Wildman–Crippen LogP) is 3.12. The monoisotopic (exact) mass is 313 g/mol. The van der Waals surface area contributed by atoms with Gasteiger partial charge in [0.25, 0.3) is 0 Å². The molecule has 0 aliphatic rings. The molecule has 0 unspecified atom stereocenters. The number of carbonyl (C=O) groups excluding carboxylic acids is 1. The number of fused-ring (bicyclic) bond motifs is 1. The summed E-state index contributed by atoms with van der Waals surface area (Å²) in [5.41, 5.74) is 1.27. The van der Waals surface area contributed by atoms with Gasteiger partial charge in [-0.3, -0.25) is 8.77 Å². The van der Waals surface area contributed by atoms with E-state index in [0.717, 1.165) is 0 Å². The largest absolute Gasteiger partial charge is 0.293 e. The molecule has 0 atom stereocenters. The first kappa shape index (κ1) is 12.6. The number of ketones is 1. The number of aromatic nitrogens is 3. The third kappa shape index (κ3) is 2.24. The number of hydrogen-bond acceptors (Lipinski definition) is 4. The zero-order chi connectivity index (χ0) is 12.8. The number of halogens is 1. The molecular formula is C11H12BrN3OS. The summed E-state index contributed by atoms with van der Waals surface area (Å²) >= 11 is 7.50. The average Bonchev–Trinajstić information content (AvgIpc) is 2.53. The van der Waals surface area contributed by atoms with Crippen molar-refractivity contribution in [2.75, 3.05) is 0 Å². The highest BCUT2D eigenvalue weighted by molar-refractivity contribution is 9.10. The fraction of sp³-hybridized carbons (Fsp3) is 0.364. The Morgan fingerprint density at radius 1 is 1.47 bits per heavy atom. The molecule has 0 spiro atoms. The lowest BCUT2D eigenvalue weighted by Crippen LogP contribution is -2.20. The number of Topliss-reactive ketones (excluding diaryl/α,β-unsaturated/α-hetero) is 1. The van der Waals surface area contributed by atoms with Gasteiger partial charge in [-0.05, 0) is 15.9 Å². The van der Waals surface area contributed by atoms with Crippen LogP contribution in [0.1, 0.15) is 31.1 Å². The molecule has 0 aromatic carbocycles. The number of thiol groups is 1. The molecule has 2 aromatic heterocycles. The Balaban J connectivity index is 2.70. The fourth-order valence-electron chi connectivity index (χ4n) is 1.52. The summed E-state index contributed by atoms with van der Waals surface area (Å²) in [7, 11) is 0. The maximum absolute atomic E-state index is 12.3. The predicted molar refractivity (Wildman–Crippen MR) is 73.4 cm³/mol. The summed E-state index contributed by atoms with van der Waals surface area (Å²) in [5, 5.41) is 0. The summed E-state index contributed by atoms with van der Waals surface area (Å²) in [6.45, 7) is 5.63. The summed E-state index contributed by atoms with van der Waals surface area (Å²) in [4.78, 5) is 20.8. The van der Waals surface area contributed by atoms with Crippen LogP contribution in [0.15, 0.2) is 17.0 Å². The van der Waals surface area contributed by atoms with Gasteiger partial charge < -0.3 is 0 Å². The van der Waals surface area contributed by atoms with Gasteiger partial charge in [-0.2, -0.15) is 0 Å². The van der Waals surface area contributed by atoms with Crippen molar-refractivity contribution in [2.24, 2.45) is 5.41 Å². The average molecular weight is 314 g/mol. The van der Waals surface area contributed by atoms with E-state index in [1.165, 1.54) is 3.97 Å². The van der Waals surface area contributed by atoms with Crippen LogP contribution in [0.2, 0.25) is 0 Å². The first-order valence-corrected chi connectivity index (χ1v) is 6.27. The zero-order valence-corrected chi connectivity index (χ0v) is 12.2. The van der Waals surface area contributed by atoms with Crippen LogP contribution in [0, 0.1) is 5.41 Å². The van der Waals surface area contributed by atoms with Crippen molar-refractivity contribution in [1.29, 1.82) is 0 Å². The third-order valence-electron chi connectivity index (χ3n) is 2.37. The van der Waals surface area contributed by atoms with Crippen molar-refractivity contribution < 1.29 is 4.79 Å². The Morgan fingerprint density at radius 2 is 2.12 bits per heavy atom. The van der Waals surface area contributed by atoms with Crippen molar-refractivity contribution in [1.82, 2.24) is 13.9 Å². The molecule has 0 aliphatic heterocycles. The van der Waals surface area contributed by atoms with Crippen molar-refractivity contribution in [3.63, 3.8) is 0 Å². The summed E-state index contributed by atoms with van der Waals surface area (Å²) < 4.78 is 2.13. The summed E-state index contributed by atoms with van der Waals surface area (Å²) in [5.74, 6) is 0.0303. The lowest BCUT2D eigenvalue weighted by molar-refractivity contribution is 0.0860. The van der Waals surface area contributed by atoms with E-state index >= 15 is 0 Å². The normalized spacial score (nSPS) is 12.1. The topological polar surface area (TPSA) is 47.8 Å². The highest BCUT2D eigenvalue weighted by atomic mass is 79.9. The SMILES string of the molecule is CC(C)(C)C(=O)c1cn(S)c2ncc(Br)nc12. The highest BCUT2D eigenvalue weighted by Crippen LogP contribution is 2.27. The molecule has 90 valence electrons. The summed E-state index contributed by atoms with van der Waals surface area (Å²) in [6.07, 6.45) is 3.24. The highest BCUT2D eigenvalue weighted by Gasteiger charge is 2.27. The minimum absolute atomic E-state index is 0.0303. The van der Waals surface area contributed by atoms with E-state index in [9.17, 15) is 4.79 Å². The van der Waals surface area contributed by atoms with E-state index in [-0.39, 0.29) is 5.78 Å². The molecule has 0 amide bonds. The molecule has 4 nitrogen and oxygen atoms in total. The minimum Gasteiger partial charge on any atom is -0.293 e. The van der Waals surface area contributed by atoms with Crippen molar-refractivity contribution >= 4 is 45.7 Å². The lowest BCUT2D eigenvalue weighted by atomic mass is 9.87. The Labute approximate surface area is 113 Å². The molecule has 0 saturated heterocycles. The van der Waals surface area contributed by atoms with Crippen LogP contribution in [-0.2, 0) is 0 Å². The van der Waals surface area contributed by atoms with Crippen molar-refractivity contribution in [3.8, 4) is 0 Å². The van der Waals surface area contributed by atoms with Crippen LogP contribution in [0.3, 0.4) is 0 Å². The third-order valence-corrected chi connectivity index (χ3v) is 3.06. The van der Waals surface area contributed by atoms with Crippen molar-refractivity contribution in [2.45, 2.75) is 20.8 Å². The number of carbonyl (C=O) groups is 1. The van der Waals surface area contributed by atoms with E-state index < -0.39 is 5.41 Å². The van der Waals surface area contributed by atoms with Gasteiger partial charge in [0.05, 0.1) is 11.8 Å². The second-order valence-electron chi connectivity index (χ2n) is 4.83. The second kappa shape index (κ2) is 4.10. The first-order chi connectivity index (χ1) is 7.80. The molecule has 2 heterocycles. The van der Waals surface area contributed by atoms with Crippen LogP contribution >= 0.6 is 28.7 Å². The van der Waals surface area contributed by atoms with E-state index in [0.29, 0.717) is 21.3 Å². The van der Waals surface area contributed by atoms with Crippen LogP contribution in [0.5, 0.6) is 0 Å². The molecular weight excluding hydrogens is 302 g/mol. The Morgan fingerprint density at radius 3 is 2.71 bits per heavy atom. The molecule has 0 N–H and O–H groups in total. The number of nitrogens with zero attached hydrogens (tertiary/aromatic N) is 3. The van der Waals surface area contributed by atoms with Crippen LogP contribution < -0.4 is 0 Å². The Bertz CT molecular complexity index is 601. The molecule has 2 aromatic rings. The Hall–Kier alpha value is -0.880. The minimum atomic E-state index is -0.452. The van der Waals surface area contributed by atoms with Gasteiger partial charge >= 0.3 is 0 Å². The molecule has 6 heteroatoms. The van der Waals surface area contributed by atoms with Gasteiger partial charge in [-0.25, -0.2) is 9.97 Å². The maximum atomic E-state index is 12.3. The zero-order valence-electron chi connectivity index (χ0n) is 9.73. The van der Waals surface area contributed by atoms with E-state index in [1.54, 1.807) is 12.4 Å².